The molecule has 4 aromatic rings. The minimum absolute atomic E-state index is 0. The first-order chi connectivity index (χ1) is 17.5. The van der Waals surface area contributed by atoms with E-state index < -0.39 is 5.82 Å². The second-order valence-electron chi connectivity index (χ2n) is 8.75. The number of likely N-dealkylation sites (tertiary alicyclic amines) is 1. The average molecular weight is 545 g/mol. The fraction of sp³-hybridized carbons (Fsp3) is 0.269. The lowest BCUT2D eigenvalue weighted by atomic mass is 9.96. The lowest BCUT2D eigenvalue weighted by Crippen LogP contribution is -2.40. The van der Waals surface area contributed by atoms with Crippen molar-refractivity contribution < 1.29 is 13.9 Å². The highest BCUT2D eigenvalue weighted by atomic mass is 35.5. The van der Waals surface area contributed by atoms with E-state index >= 15 is 0 Å². The first-order valence-electron chi connectivity index (χ1n) is 11.7. The fourth-order valence-corrected chi connectivity index (χ4v) is 4.75. The third-order valence-electron chi connectivity index (χ3n) is 6.57. The Kier molecular flexibility index (Phi) is 8.16. The monoisotopic (exact) mass is 544 g/mol. The minimum Gasteiger partial charge on any atom is -0.494 e. The molecule has 3 N–H and O–H groups in total. The number of hydrogen-bond acceptors (Lipinski definition) is 6. The number of halogens is 3. The van der Waals surface area contributed by atoms with E-state index in [1.165, 1.54) is 13.2 Å². The van der Waals surface area contributed by atoms with Crippen LogP contribution in [0.15, 0.2) is 55.0 Å². The quantitative estimate of drug-likeness (QED) is 0.347. The average Bonchev–Trinajstić information content (AvgIpc) is 3.34. The molecule has 3 heterocycles. The van der Waals surface area contributed by atoms with E-state index in [2.05, 4.69) is 15.3 Å². The van der Waals surface area contributed by atoms with Gasteiger partial charge in [-0.1, -0.05) is 11.6 Å². The maximum Gasteiger partial charge on any atom is 0.255 e. The normalized spacial score (nSPS) is 13.9. The number of anilines is 2. The van der Waals surface area contributed by atoms with Crippen molar-refractivity contribution in [3.8, 4) is 17.0 Å². The van der Waals surface area contributed by atoms with Crippen molar-refractivity contribution >= 4 is 47.1 Å². The van der Waals surface area contributed by atoms with Crippen molar-refractivity contribution in [1.82, 2.24) is 19.3 Å². The van der Waals surface area contributed by atoms with E-state index in [4.69, 9.17) is 22.1 Å². The van der Waals surface area contributed by atoms with Gasteiger partial charge in [0.2, 0.25) is 0 Å². The number of methoxy groups -OCH3 is 1. The Morgan fingerprint density at radius 3 is 2.68 bits per heavy atom. The number of benzene rings is 2. The number of ether oxygens (including phenoxy) is 1. The van der Waals surface area contributed by atoms with E-state index in [0.29, 0.717) is 64.5 Å². The van der Waals surface area contributed by atoms with Gasteiger partial charge in [-0.3, -0.25) is 9.20 Å². The summed E-state index contributed by atoms with van der Waals surface area (Å²) in [5.41, 5.74) is 8.80. The number of carbonyl (C=O) groups excluding carboxylic acids is 1. The molecule has 0 atom stereocenters. The second kappa shape index (κ2) is 11.3. The molecule has 0 saturated carbocycles. The molecule has 1 saturated heterocycles. The predicted octanol–water partition coefficient (Wildman–Crippen LogP) is 5.17. The molecular formula is C26H27Cl2FN6O2. The molecule has 1 aliphatic rings. The summed E-state index contributed by atoms with van der Waals surface area (Å²) < 4.78 is 21.1. The van der Waals surface area contributed by atoms with E-state index in [-0.39, 0.29) is 24.1 Å². The summed E-state index contributed by atoms with van der Waals surface area (Å²) in [6, 6.07) is 9.97. The Labute approximate surface area is 225 Å². The van der Waals surface area contributed by atoms with Gasteiger partial charge in [0.25, 0.3) is 5.91 Å². The molecule has 37 heavy (non-hydrogen) atoms. The lowest BCUT2D eigenvalue weighted by Gasteiger charge is -2.31. The van der Waals surface area contributed by atoms with Gasteiger partial charge in [-0.25, -0.2) is 14.4 Å². The summed E-state index contributed by atoms with van der Waals surface area (Å²) in [7, 11) is 1.43. The number of nitrogens with two attached hydrogens (primary N) is 1. The van der Waals surface area contributed by atoms with Gasteiger partial charge in [-0.15, -0.1) is 12.4 Å². The predicted molar refractivity (Wildman–Crippen MR) is 145 cm³/mol. The van der Waals surface area contributed by atoms with Crippen LogP contribution in [0.1, 0.15) is 23.2 Å². The van der Waals surface area contributed by atoms with Crippen molar-refractivity contribution in [1.29, 1.82) is 0 Å². The van der Waals surface area contributed by atoms with Crippen LogP contribution in [0.5, 0.6) is 5.75 Å². The highest BCUT2D eigenvalue weighted by Crippen LogP contribution is 2.30. The van der Waals surface area contributed by atoms with Gasteiger partial charge < -0.3 is 20.7 Å². The van der Waals surface area contributed by atoms with E-state index in [1.807, 2.05) is 9.30 Å². The molecule has 0 aliphatic carbocycles. The summed E-state index contributed by atoms with van der Waals surface area (Å²) in [5.74, 6) is 0.614. The molecule has 0 unspecified atom stereocenters. The SMILES string of the molecule is COc1ccc(-c2cnc3c(Nc4ccc(C(=O)N5CCC(CN)CC5)c(Cl)c4)nccn23)cc1F.Cl. The highest BCUT2D eigenvalue weighted by molar-refractivity contribution is 6.34. The maximum atomic E-state index is 14.3. The van der Waals surface area contributed by atoms with Crippen LogP contribution >= 0.6 is 24.0 Å². The molecule has 5 rings (SSSR count). The van der Waals surface area contributed by atoms with E-state index in [0.717, 1.165) is 12.8 Å². The number of rotatable bonds is 6. The lowest BCUT2D eigenvalue weighted by molar-refractivity contribution is 0.0693. The summed E-state index contributed by atoms with van der Waals surface area (Å²) in [6.07, 6.45) is 6.86. The highest BCUT2D eigenvalue weighted by Gasteiger charge is 2.24. The Bertz CT molecular complexity index is 1420. The summed E-state index contributed by atoms with van der Waals surface area (Å²) >= 11 is 6.51. The number of amides is 1. The van der Waals surface area contributed by atoms with Crippen LogP contribution in [0.4, 0.5) is 15.9 Å². The standard InChI is InChI=1S/C26H26ClFN6O2.ClH/c1-36-23-5-2-17(12-21(23)28)22-15-31-25-24(30-8-11-34(22)25)32-18-3-4-19(20(27)13-18)26(35)33-9-6-16(14-29)7-10-33;/h2-5,8,11-13,15-16H,6-7,9-10,14,29H2,1H3,(H,30,32);1H. The van der Waals surface area contributed by atoms with E-state index in [9.17, 15) is 9.18 Å². The summed E-state index contributed by atoms with van der Waals surface area (Å²) in [6.45, 7) is 2.02. The topological polar surface area (TPSA) is 97.8 Å². The number of piperidine rings is 1. The molecule has 194 valence electrons. The van der Waals surface area contributed by atoms with Crippen LogP contribution in [-0.4, -0.2) is 51.9 Å². The van der Waals surface area contributed by atoms with Crippen molar-refractivity contribution in [2.75, 3.05) is 32.1 Å². The van der Waals surface area contributed by atoms with E-state index in [1.54, 1.807) is 48.9 Å². The molecule has 11 heteroatoms. The van der Waals surface area contributed by atoms with Crippen LogP contribution in [0.3, 0.4) is 0 Å². The molecule has 1 amide bonds. The minimum atomic E-state index is -0.453. The Balaban J connectivity index is 0.00000320. The number of hydrogen-bond donors (Lipinski definition) is 2. The fourth-order valence-electron chi connectivity index (χ4n) is 4.49. The van der Waals surface area contributed by atoms with Gasteiger partial charge in [0.15, 0.2) is 23.0 Å². The van der Waals surface area contributed by atoms with Crippen molar-refractivity contribution in [3.05, 3.63) is 71.4 Å². The molecule has 2 aromatic heterocycles. The van der Waals surface area contributed by atoms with Crippen LogP contribution < -0.4 is 15.8 Å². The molecule has 8 nitrogen and oxygen atoms in total. The summed E-state index contributed by atoms with van der Waals surface area (Å²) in [5, 5.41) is 3.59. The zero-order chi connectivity index (χ0) is 25.2. The molecule has 0 bridgehead atoms. The van der Waals surface area contributed by atoms with Gasteiger partial charge in [-0.05, 0) is 61.7 Å². The maximum absolute atomic E-state index is 14.3. The second-order valence-corrected chi connectivity index (χ2v) is 9.16. The van der Waals surface area contributed by atoms with Gasteiger partial charge in [-0.2, -0.15) is 0 Å². The summed E-state index contributed by atoms with van der Waals surface area (Å²) in [4.78, 5) is 23.7. The molecule has 2 aromatic carbocycles. The van der Waals surface area contributed by atoms with Crippen LogP contribution in [0, 0.1) is 11.7 Å². The third-order valence-corrected chi connectivity index (χ3v) is 6.89. The van der Waals surface area contributed by atoms with Crippen molar-refractivity contribution in [3.63, 3.8) is 0 Å². The number of nitrogens with zero attached hydrogens (tertiary/aromatic N) is 4. The molecular weight excluding hydrogens is 518 g/mol. The zero-order valence-corrected chi connectivity index (χ0v) is 21.7. The Morgan fingerprint density at radius 2 is 2.00 bits per heavy atom. The number of carbonyl (C=O) groups is 1. The molecule has 0 spiro atoms. The van der Waals surface area contributed by atoms with Gasteiger partial charge in [0, 0.05) is 36.7 Å². The molecule has 1 fully saturated rings. The van der Waals surface area contributed by atoms with Crippen LogP contribution in [-0.2, 0) is 0 Å². The molecule has 1 aliphatic heterocycles. The van der Waals surface area contributed by atoms with Crippen LogP contribution in [0.25, 0.3) is 16.9 Å². The van der Waals surface area contributed by atoms with Crippen LogP contribution in [0.2, 0.25) is 5.02 Å². The zero-order valence-electron chi connectivity index (χ0n) is 20.2. The molecule has 0 radical (unpaired) electrons. The number of nitrogens with one attached hydrogen (secondary N) is 1. The van der Waals surface area contributed by atoms with Crippen molar-refractivity contribution in [2.45, 2.75) is 12.8 Å². The van der Waals surface area contributed by atoms with Gasteiger partial charge in [0.1, 0.15) is 0 Å². The van der Waals surface area contributed by atoms with Crippen molar-refractivity contribution in [2.24, 2.45) is 11.7 Å². The van der Waals surface area contributed by atoms with Gasteiger partial charge in [0.05, 0.1) is 29.6 Å². The van der Waals surface area contributed by atoms with Gasteiger partial charge >= 0.3 is 0 Å². The first kappa shape index (κ1) is 26.7. The number of imidazole rings is 1. The largest absolute Gasteiger partial charge is 0.494 e. The Hall–Kier alpha value is -3.40. The smallest absolute Gasteiger partial charge is 0.255 e. The Morgan fingerprint density at radius 1 is 1.22 bits per heavy atom. The third kappa shape index (κ3) is 5.34. The first-order valence-corrected chi connectivity index (χ1v) is 12.1. The number of aromatic nitrogens is 3. The number of fused-ring (bicyclic) bond motifs is 1.